The molecule has 12 heteroatoms. The molecule has 0 unspecified atom stereocenters. The lowest BCUT2D eigenvalue weighted by molar-refractivity contribution is -0.385. The molecular formula is C18H18F3N3O5S. The lowest BCUT2D eigenvalue weighted by atomic mass is 10.1. The van der Waals surface area contributed by atoms with Crippen LogP contribution in [0.15, 0.2) is 42.5 Å². The molecule has 8 nitrogen and oxygen atoms in total. The number of benzene rings is 2. The minimum absolute atomic E-state index is 0.0820. The van der Waals surface area contributed by atoms with Crippen LogP contribution in [0.4, 0.5) is 30.2 Å². The van der Waals surface area contributed by atoms with Gasteiger partial charge in [-0.15, -0.1) is 0 Å². The molecule has 1 N–H and O–H groups in total. The van der Waals surface area contributed by atoms with Gasteiger partial charge in [-0.3, -0.25) is 19.2 Å². The van der Waals surface area contributed by atoms with E-state index in [1.807, 2.05) is 0 Å². The van der Waals surface area contributed by atoms with Crippen molar-refractivity contribution in [3.05, 3.63) is 63.7 Å². The van der Waals surface area contributed by atoms with E-state index in [4.69, 9.17) is 0 Å². The van der Waals surface area contributed by atoms with E-state index < -0.39 is 38.6 Å². The van der Waals surface area contributed by atoms with Crippen molar-refractivity contribution in [3.8, 4) is 0 Å². The molecule has 30 heavy (non-hydrogen) atoms. The number of nitro groups is 1. The van der Waals surface area contributed by atoms with Gasteiger partial charge in [0.25, 0.3) is 5.69 Å². The Morgan fingerprint density at radius 2 is 1.80 bits per heavy atom. The van der Waals surface area contributed by atoms with E-state index in [1.165, 1.54) is 32.0 Å². The summed E-state index contributed by atoms with van der Waals surface area (Å²) in [6.07, 6.45) is -3.94. The maximum absolute atomic E-state index is 13.0. The number of alkyl halides is 3. The molecule has 0 spiro atoms. The Morgan fingerprint density at radius 1 is 1.20 bits per heavy atom. The Hall–Kier alpha value is -3.15. The average molecular weight is 445 g/mol. The summed E-state index contributed by atoms with van der Waals surface area (Å²) in [5.74, 6) is -0.874. The predicted molar refractivity (Wildman–Crippen MR) is 105 cm³/mol. The van der Waals surface area contributed by atoms with Gasteiger partial charge in [0.05, 0.1) is 33.7 Å². The first-order valence-corrected chi connectivity index (χ1v) is 10.3. The monoisotopic (exact) mass is 445 g/mol. The number of hydrogen-bond acceptors (Lipinski definition) is 5. The first kappa shape index (κ1) is 23.1. The van der Waals surface area contributed by atoms with Crippen LogP contribution in [0, 0.1) is 17.0 Å². The number of sulfonamides is 1. The minimum Gasteiger partial charge on any atom is -0.324 e. The van der Waals surface area contributed by atoms with Gasteiger partial charge in [-0.25, -0.2) is 8.42 Å². The second-order valence-corrected chi connectivity index (χ2v) is 8.34. The SMILES string of the molecule is Cc1c(NC(=O)[C@H](C)N(c2cccc(C(F)(F)F)c2)S(C)(=O)=O)cccc1[N+](=O)[O-]. The maximum Gasteiger partial charge on any atom is 0.416 e. The van der Waals surface area contributed by atoms with Crippen molar-refractivity contribution in [2.75, 3.05) is 15.9 Å². The van der Waals surface area contributed by atoms with Crippen molar-refractivity contribution < 1.29 is 31.3 Å². The summed E-state index contributed by atoms with van der Waals surface area (Å²) >= 11 is 0. The summed E-state index contributed by atoms with van der Waals surface area (Å²) in [7, 11) is -4.15. The van der Waals surface area contributed by atoms with E-state index in [0.29, 0.717) is 10.4 Å². The highest BCUT2D eigenvalue weighted by Crippen LogP contribution is 2.33. The number of anilines is 2. The third kappa shape index (κ3) is 5.06. The highest BCUT2D eigenvalue weighted by molar-refractivity contribution is 7.92. The average Bonchev–Trinajstić information content (AvgIpc) is 2.61. The number of amides is 1. The molecule has 0 saturated heterocycles. The van der Waals surface area contributed by atoms with Crippen LogP contribution in [-0.4, -0.2) is 31.5 Å². The van der Waals surface area contributed by atoms with Crippen LogP contribution in [-0.2, 0) is 21.0 Å². The molecule has 162 valence electrons. The molecule has 0 aliphatic rings. The van der Waals surface area contributed by atoms with Gasteiger partial charge in [-0.1, -0.05) is 12.1 Å². The Labute approximate surface area is 170 Å². The van der Waals surface area contributed by atoms with Crippen LogP contribution >= 0.6 is 0 Å². The molecule has 0 saturated carbocycles. The predicted octanol–water partition coefficient (Wildman–Crippen LogP) is 3.72. The zero-order valence-electron chi connectivity index (χ0n) is 16.1. The van der Waals surface area contributed by atoms with Gasteiger partial charge in [0.1, 0.15) is 6.04 Å². The number of nitrogens with zero attached hydrogens (tertiary/aromatic N) is 2. The van der Waals surface area contributed by atoms with E-state index in [9.17, 15) is 36.5 Å². The van der Waals surface area contributed by atoms with Crippen LogP contribution < -0.4 is 9.62 Å². The van der Waals surface area contributed by atoms with Gasteiger partial charge >= 0.3 is 6.18 Å². The largest absolute Gasteiger partial charge is 0.416 e. The molecule has 0 fully saturated rings. The lowest BCUT2D eigenvalue weighted by Crippen LogP contribution is -2.45. The molecule has 0 heterocycles. The van der Waals surface area contributed by atoms with Crippen molar-refractivity contribution in [3.63, 3.8) is 0 Å². The summed E-state index contributed by atoms with van der Waals surface area (Å²) in [6, 6.07) is 6.10. The van der Waals surface area contributed by atoms with Crippen LogP contribution in [0.25, 0.3) is 0 Å². The minimum atomic E-state index is -4.70. The number of nitro benzene ring substituents is 1. The first-order chi connectivity index (χ1) is 13.7. The van der Waals surface area contributed by atoms with E-state index in [-0.39, 0.29) is 22.6 Å². The highest BCUT2D eigenvalue weighted by atomic mass is 32.2. The molecule has 2 aromatic carbocycles. The molecule has 0 aromatic heterocycles. The molecule has 0 bridgehead atoms. The molecule has 1 atom stereocenters. The second kappa shape index (κ2) is 8.30. The number of nitrogens with one attached hydrogen (secondary N) is 1. The van der Waals surface area contributed by atoms with Gasteiger partial charge in [-0.2, -0.15) is 13.2 Å². The number of carbonyl (C=O) groups excluding carboxylic acids is 1. The van der Waals surface area contributed by atoms with E-state index in [0.717, 1.165) is 24.5 Å². The quantitative estimate of drug-likeness (QED) is 0.538. The first-order valence-electron chi connectivity index (χ1n) is 8.45. The van der Waals surface area contributed by atoms with Gasteiger partial charge in [0.2, 0.25) is 15.9 Å². The topological polar surface area (TPSA) is 110 Å². The van der Waals surface area contributed by atoms with Crippen LogP contribution in [0.5, 0.6) is 0 Å². The Balaban J connectivity index is 2.42. The smallest absolute Gasteiger partial charge is 0.324 e. The maximum atomic E-state index is 13.0. The molecule has 2 rings (SSSR count). The van der Waals surface area contributed by atoms with Crippen molar-refractivity contribution in [1.29, 1.82) is 0 Å². The van der Waals surface area contributed by atoms with E-state index in [1.54, 1.807) is 0 Å². The summed E-state index contributed by atoms with van der Waals surface area (Å²) in [5.41, 5.74) is -1.44. The fourth-order valence-corrected chi connectivity index (χ4v) is 3.99. The van der Waals surface area contributed by atoms with Crippen molar-refractivity contribution in [2.24, 2.45) is 0 Å². The zero-order chi connectivity index (χ0) is 22.9. The molecule has 1 amide bonds. The standard InChI is InChI=1S/C18H18F3N3O5S/c1-11-15(8-5-9-16(11)24(26)27)22-17(25)12(2)23(30(3,28)29)14-7-4-6-13(10-14)18(19,20)21/h4-10,12H,1-3H3,(H,22,25)/t12-/m0/s1. The van der Waals surface area contributed by atoms with Crippen molar-refractivity contribution in [1.82, 2.24) is 0 Å². The van der Waals surface area contributed by atoms with Crippen LogP contribution in [0.1, 0.15) is 18.1 Å². The van der Waals surface area contributed by atoms with Gasteiger partial charge in [-0.05, 0) is 38.1 Å². The fraction of sp³-hybridized carbons (Fsp3) is 0.278. The zero-order valence-corrected chi connectivity index (χ0v) is 16.9. The third-order valence-corrected chi connectivity index (χ3v) is 5.52. The fourth-order valence-electron chi connectivity index (χ4n) is 2.82. The normalized spacial score (nSPS) is 12.9. The van der Waals surface area contributed by atoms with Gasteiger partial charge in [0.15, 0.2) is 0 Å². The summed E-state index contributed by atoms with van der Waals surface area (Å²) in [6.45, 7) is 2.60. The number of halogens is 3. The third-order valence-electron chi connectivity index (χ3n) is 4.28. The molecule has 0 radical (unpaired) electrons. The Bertz CT molecular complexity index is 1090. The lowest BCUT2D eigenvalue weighted by Gasteiger charge is -2.28. The number of rotatable bonds is 6. The number of carbonyl (C=O) groups is 1. The van der Waals surface area contributed by atoms with Gasteiger partial charge < -0.3 is 5.32 Å². The van der Waals surface area contributed by atoms with Crippen molar-refractivity contribution in [2.45, 2.75) is 26.1 Å². The van der Waals surface area contributed by atoms with Gasteiger partial charge in [0, 0.05) is 6.07 Å². The molecule has 0 aliphatic carbocycles. The van der Waals surface area contributed by atoms with Crippen molar-refractivity contribution >= 4 is 33.0 Å². The summed E-state index contributed by atoms with van der Waals surface area (Å²) < 4.78 is 64.2. The Morgan fingerprint density at radius 3 is 2.33 bits per heavy atom. The molecule has 2 aromatic rings. The van der Waals surface area contributed by atoms with Crippen LogP contribution in [0.3, 0.4) is 0 Å². The molecular weight excluding hydrogens is 427 g/mol. The highest BCUT2D eigenvalue weighted by Gasteiger charge is 2.34. The van der Waals surface area contributed by atoms with E-state index >= 15 is 0 Å². The van der Waals surface area contributed by atoms with E-state index in [2.05, 4.69) is 5.32 Å². The second-order valence-electron chi connectivity index (χ2n) is 6.48. The number of hydrogen-bond donors (Lipinski definition) is 1. The summed E-state index contributed by atoms with van der Waals surface area (Å²) in [4.78, 5) is 23.1. The molecule has 0 aliphatic heterocycles. The Kier molecular flexibility index (Phi) is 6.40. The van der Waals surface area contributed by atoms with Crippen LogP contribution in [0.2, 0.25) is 0 Å². The summed E-state index contributed by atoms with van der Waals surface area (Å²) in [5, 5.41) is 13.4.